The number of hydrogen-bond acceptors (Lipinski definition) is 6. The number of hydrogen-bond donors (Lipinski definition) is 2. The zero-order chi connectivity index (χ0) is 20.6. The van der Waals surface area contributed by atoms with E-state index in [0.717, 1.165) is 30.2 Å². The van der Waals surface area contributed by atoms with E-state index in [4.69, 9.17) is 19.1 Å². The normalized spacial score (nSPS) is 28.4. The lowest BCUT2D eigenvalue weighted by atomic mass is 10.0. The molecule has 5 rings (SSSR count). The van der Waals surface area contributed by atoms with Gasteiger partial charge in [0.15, 0.2) is 11.5 Å². The Kier molecular flexibility index (Phi) is 5.18. The van der Waals surface area contributed by atoms with Gasteiger partial charge in [-0.25, -0.2) is 0 Å². The molecular weight excluding hydrogens is 376 g/mol. The Bertz CT molecular complexity index is 864. The molecule has 3 aliphatic rings. The molecule has 9 heteroatoms. The summed E-state index contributed by atoms with van der Waals surface area (Å²) in [5.41, 5.74) is 0.445. The third kappa shape index (κ3) is 3.24. The molecule has 1 spiro atoms. The fraction of sp³-hybridized carbons (Fsp3) is 0.550. The first-order valence-corrected chi connectivity index (χ1v) is 9.86. The third-order valence-electron chi connectivity index (χ3n) is 6.16. The summed E-state index contributed by atoms with van der Waals surface area (Å²) in [6.45, 7) is 6.34. The first-order valence-electron chi connectivity index (χ1n) is 9.86. The smallest absolute Gasteiger partial charge is 0.290 e. The van der Waals surface area contributed by atoms with Crippen LogP contribution >= 0.6 is 0 Å². The molecule has 3 atom stereocenters. The number of amides is 1. The number of rotatable bonds is 4. The van der Waals surface area contributed by atoms with Crippen LogP contribution in [0.2, 0.25) is 0 Å². The van der Waals surface area contributed by atoms with Gasteiger partial charge in [0.25, 0.3) is 6.47 Å². The minimum absolute atomic E-state index is 0.111. The number of carbonyl (C=O) groups excluding carboxylic acids is 1. The van der Waals surface area contributed by atoms with Crippen molar-refractivity contribution < 1.29 is 23.8 Å². The molecule has 3 fully saturated rings. The van der Waals surface area contributed by atoms with E-state index in [1.165, 1.54) is 0 Å². The molecule has 0 bridgehead atoms. The lowest BCUT2D eigenvalue weighted by Gasteiger charge is -2.34. The SMILES string of the molecule is CC(C)[C@@H]1CO[C@@]23CCN(Cc4ccc(-c5ccn[nH]5)o4)[C@@H]2CC(=O)N13.O=CO. The number of aromatic amines is 1. The van der Waals surface area contributed by atoms with E-state index in [0.29, 0.717) is 25.5 Å². The molecule has 5 heterocycles. The molecule has 0 radical (unpaired) electrons. The maximum absolute atomic E-state index is 12.7. The average molecular weight is 402 g/mol. The molecule has 0 unspecified atom stereocenters. The van der Waals surface area contributed by atoms with Crippen LogP contribution in [0.3, 0.4) is 0 Å². The molecular formula is C20H26N4O5. The topological polar surface area (TPSA) is 112 Å². The van der Waals surface area contributed by atoms with Crippen LogP contribution in [-0.2, 0) is 20.9 Å². The van der Waals surface area contributed by atoms with Crippen LogP contribution < -0.4 is 0 Å². The zero-order valence-electron chi connectivity index (χ0n) is 16.6. The van der Waals surface area contributed by atoms with Crippen molar-refractivity contribution in [1.82, 2.24) is 20.0 Å². The maximum Gasteiger partial charge on any atom is 0.290 e. The van der Waals surface area contributed by atoms with Gasteiger partial charge in [0, 0.05) is 25.6 Å². The molecule has 2 aromatic heterocycles. The van der Waals surface area contributed by atoms with Gasteiger partial charge in [0.1, 0.15) is 11.5 Å². The standard InChI is InChI=1S/C19H24N4O3.CH2O2/c1-12(2)15-11-25-19-6-8-22(17(19)9-18(24)23(15)19)10-13-3-4-16(26-13)14-5-7-20-21-14;2-1-3/h3-5,7,12,15,17H,6,8-11H2,1-2H3,(H,20,21);1H,(H,2,3)/t15-,17+,19-;/m0./s1. The van der Waals surface area contributed by atoms with Gasteiger partial charge >= 0.3 is 0 Å². The molecule has 3 aliphatic heterocycles. The van der Waals surface area contributed by atoms with E-state index in [2.05, 4.69) is 33.8 Å². The summed E-state index contributed by atoms with van der Waals surface area (Å²) < 4.78 is 12.3. The van der Waals surface area contributed by atoms with Gasteiger partial charge in [-0.15, -0.1) is 0 Å². The first-order chi connectivity index (χ1) is 14.0. The molecule has 1 amide bonds. The molecule has 156 valence electrons. The van der Waals surface area contributed by atoms with Crippen LogP contribution in [0, 0.1) is 5.92 Å². The summed E-state index contributed by atoms with van der Waals surface area (Å²) >= 11 is 0. The summed E-state index contributed by atoms with van der Waals surface area (Å²) in [5, 5.41) is 13.8. The Balaban J connectivity index is 0.000000645. The number of nitrogens with one attached hydrogen (secondary N) is 1. The van der Waals surface area contributed by atoms with Crippen LogP contribution in [0.4, 0.5) is 0 Å². The minimum Gasteiger partial charge on any atom is -0.483 e. The van der Waals surface area contributed by atoms with E-state index < -0.39 is 5.72 Å². The van der Waals surface area contributed by atoms with Crippen molar-refractivity contribution in [2.75, 3.05) is 13.2 Å². The highest BCUT2D eigenvalue weighted by Gasteiger charge is 2.64. The molecule has 3 saturated heterocycles. The van der Waals surface area contributed by atoms with Crippen LogP contribution in [-0.4, -0.2) is 68.4 Å². The number of carbonyl (C=O) groups is 2. The monoisotopic (exact) mass is 402 g/mol. The Morgan fingerprint density at radius 2 is 2.21 bits per heavy atom. The molecule has 0 saturated carbocycles. The highest BCUT2D eigenvalue weighted by atomic mass is 16.5. The highest BCUT2D eigenvalue weighted by Crippen LogP contribution is 2.49. The van der Waals surface area contributed by atoms with E-state index in [-0.39, 0.29) is 24.5 Å². The summed E-state index contributed by atoms with van der Waals surface area (Å²) in [6.07, 6.45) is 3.13. The summed E-state index contributed by atoms with van der Waals surface area (Å²) in [6, 6.07) is 6.16. The van der Waals surface area contributed by atoms with Gasteiger partial charge in [0.2, 0.25) is 5.91 Å². The number of aromatic nitrogens is 2. The van der Waals surface area contributed by atoms with Crippen molar-refractivity contribution >= 4 is 12.4 Å². The highest BCUT2D eigenvalue weighted by molar-refractivity contribution is 5.82. The molecule has 29 heavy (non-hydrogen) atoms. The predicted molar refractivity (Wildman–Crippen MR) is 103 cm³/mol. The van der Waals surface area contributed by atoms with Crippen molar-refractivity contribution in [2.45, 2.75) is 51.0 Å². The summed E-state index contributed by atoms with van der Waals surface area (Å²) in [7, 11) is 0. The van der Waals surface area contributed by atoms with Crippen LogP contribution in [0.1, 0.15) is 32.4 Å². The number of furan rings is 1. The Morgan fingerprint density at radius 3 is 2.90 bits per heavy atom. The quantitative estimate of drug-likeness (QED) is 0.752. The van der Waals surface area contributed by atoms with E-state index in [1.54, 1.807) is 6.20 Å². The Labute approximate surface area is 168 Å². The molecule has 9 nitrogen and oxygen atoms in total. The van der Waals surface area contributed by atoms with Gasteiger partial charge in [-0.2, -0.15) is 5.10 Å². The van der Waals surface area contributed by atoms with Gasteiger partial charge in [-0.05, 0) is 24.1 Å². The molecule has 0 aliphatic carbocycles. The average Bonchev–Trinajstić information content (AvgIpc) is 3.46. The second-order valence-electron chi connectivity index (χ2n) is 8.01. The maximum atomic E-state index is 12.7. The number of likely N-dealkylation sites (tertiary alicyclic amines) is 1. The molecule has 0 aromatic carbocycles. The fourth-order valence-corrected chi connectivity index (χ4v) is 4.84. The van der Waals surface area contributed by atoms with Gasteiger partial charge in [0.05, 0.1) is 25.2 Å². The largest absolute Gasteiger partial charge is 0.483 e. The van der Waals surface area contributed by atoms with Crippen molar-refractivity contribution in [3.05, 3.63) is 30.2 Å². The zero-order valence-corrected chi connectivity index (χ0v) is 16.6. The van der Waals surface area contributed by atoms with E-state index >= 15 is 0 Å². The fourth-order valence-electron chi connectivity index (χ4n) is 4.84. The van der Waals surface area contributed by atoms with Crippen molar-refractivity contribution in [3.8, 4) is 11.5 Å². The van der Waals surface area contributed by atoms with Crippen molar-refractivity contribution in [2.24, 2.45) is 5.92 Å². The van der Waals surface area contributed by atoms with Gasteiger partial charge in [-0.3, -0.25) is 19.6 Å². The lowest BCUT2D eigenvalue weighted by molar-refractivity contribution is -0.139. The molecule has 2 aromatic rings. The second-order valence-corrected chi connectivity index (χ2v) is 8.01. The predicted octanol–water partition coefficient (Wildman–Crippen LogP) is 1.93. The van der Waals surface area contributed by atoms with Gasteiger partial charge in [-0.1, -0.05) is 13.8 Å². The Morgan fingerprint density at radius 1 is 1.41 bits per heavy atom. The summed E-state index contributed by atoms with van der Waals surface area (Å²) in [5.74, 6) is 2.32. The third-order valence-corrected chi connectivity index (χ3v) is 6.16. The number of H-pyrrole nitrogens is 1. The number of carboxylic acid groups (broad SMARTS) is 1. The van der Waals surface area contributed by atoms with E-state index in [1.807, 2.05) is 18.2 Å². The van der Waals surface area contributed by atoms with Crippen molar-refractivity contribution in [3.63, 3.8) is 0 Å². The second kappa shape index (κ2) is 7.64. The van der Waals surface area contributed by atoms with Crippen molar-refractivity contribution in [1.29, 1.82) is 0 Å². The first kappa shape index (κ1) is 19.7. The minimum atomic E-state index is -0.426. The van der Waals surface area contributed by atoms with Crippen LogP contribution in [0.15, 0.2) is 28.8 Å². The number of nitrogens with zero attached hydrogens (tertiary/aromatic N) is 3. The van der Waals surface area contributed by atoms with Crippen LogP contribution in [0.25, 0.3) is 11.5 Å². The van der Waals surface area contributed by atoms with E-state index in [9.17, 15) is 4.79 Å². The number of ether oxygens (including phenoxy) is 1. The Hall–Kier alpha value is -2.65. The molecule has 2 N–H and O–H groups in total. The summed E-state index contributed by atoms with van der Waals surface area (Å²) in [4.78, 5) is 25.5. The van der Waals surface area contributed by atoms with Gasteiger partial charge < -0.3 is 19.2 Å². The van der Waals surface area contributed by atoms with Crippen LogP contribution in [0.5, 0.6) is 0 Å². The lowest BCUT2D eigenvalue weighted by Crippen LogP contribution is -2.50.